The first kappa shape index (κ1) is 91.2. The number of aromatic nitrogens is 5. The molecule has 15 nitrogen and oxygen atoms in total. The van der Waals surface area contributed by atoms with Crippen molar-refractivity contribution in [3.8, 4) is 33.8 Å². The number of aliphatic hydroxyl groups excluding tert-OH is 4. The Morgan fingerprint density at radius 1 is 0.500 bits per heavy atom. The van der Waals surface area contributed by atoms with E-state index in [0.717, 1.165) is 85.0 Å². The Morgan fingerprint density at radius 2 is 0.919 bits per heavy atom. The molecule has 5 heterocycles. The van der Waals surface area contributed by atoms with Crippen LogP contribution in [-0.2, 0) is 37.0 Å². The normalized spacial score (nSPS) is 13.4. The van der Waals surface area contributed by atoms with Gasteiger partial charge in [0.1, 0.15) is 45.7 Å². The van der Waals surface area contributed by atoms with Gasteiger partial charge in [0.15, 0.2) is 5.76 Å². The summed E-state index contributed by atoms with van der Waals surface area (Å²) in [4.78, 5) is 22.7. The molecule has 1 saturated heterocycles. The van der Waals surface area contributed by atoms with Gasteiger partial charge in [0, 0.05) is 105 Å². The van der Waals surface area contributed by atoms with Crippen LogP contribution in [0, 0.1) is 26.7 Å². The number of aliphatic hydroxyl groups is 4. The van der Waals surface area contributed by atoms with Crippen LogP contribution in [0.2, 0.25) is 35.4 Å². The van der Waals surface area contributed by atoms with Crippen molar-refractivity contribution < 1.29 is 70.3 Å². The maximum absolute atomic E-state index is 12.9. The van der Waals surface area contributed by atoms with Gasteiger partial charge < -0.3 is 44.1 Å². The average molecular weight is 1820 g/mol. The minimum Gasteiger partial charge on any atom is -0.496 e. The second-order valence-corrected chi connectivity index (χ2v) is 33.5. The second-order valence-electron chi connectivity index (χ2n) is 30.8. The summed E-state index contributed by atoms with van der Waals surface area (Å²) in [5.41, 5.74) is 11.6. The fourth-order valence-electron chi connectivity index (χ4n) is 14.7. The zero-order valence-electron chi connectivity index (χ0n) is 68.0. The summed E-state index contributed by atoms with van der Waals surface area (Å²) in [6.45, 7) is 11.7. The summed E-state index contributed by atoms with van der Waals surface area (Å²) in [7, 11) is 4.87. The lowest BCUT2D eigenvalue weighted by atomic mass is 9.88. The number of benzene rings is 11. The van der Waals surface area contributed by atoms with Crippen molar-refractivity contribution in [2.45, 2.75) is 96.8 Å². The van der Waals surface area contributed by atoms with Crippen molar-refractivity contribution in [1.29, 1.82) is 0 Å². The number of rotatable bonds is 16. The molecule has 1 amide bonds. The molecule has 1 aliphatic rings. The molecule has 28 heteroatoms. The highest BCUT2D eigenvalue weighted by molar-refractivity contribution is 6.43. The van der Waals surface area contributed by atoms with E-state index < -0.39 is 59.6 Å². The smallest absolute Gasteiger partial charge is 0.416 e. The van der Waals surface area contributed by atoms with E-state index >= 15 is 0 Å². The number of nitrogens with zero attached hydrogens (tertiary/aromatic N) is 6. The number of carbonyl (C=O) groups is 1. The molecular formula is C96H81Cl7F6N6O9. The monoisotopic (exact) mass is 1820 g/mol. The second kappa shape index (κ2) is 38.1. The van der Waals surface area contributed by atoms with Crippen molar-refractivity contribution in [3.63, 3.8) is 0 Å². The van der Waals surface area contributed by atoms with Crippen molar-refractivity contribution >= 4 is 131 Å². The van der Waals surface area contributed by atoms with Crippen LogP contribution >= 0.6 is 81.2 Å². The van der Waals surface area contributed by atoms with Gasteiger partial charge in [-0.15, -0.1) is 0 Å². The Morgan fingerprint density at radius 3 is 1.34 bits per heavy atom. The van der Waals surface area contributed by atoms with Gasteiger partial charge in [0.05, 0.1) is 74.0 Å². The fourth-order valence-corrected chi connectivity index (χ4v) is 16.8. The highest BCUT2D eigenvalue weighted by atomic mass is 35.5. The standard InChI is InChI=1S/C28H29ClF3NO4.C26H24ClF3N2O2.C22H14Cl3NO.C20H14Cl2N2O2/c1-27(2,3)37-26(35)33-14-19(15-33)25(34)18-8-7-17-13-23(36-4)22(24(29)21(17)12-18)11-16-5-9-20(10-6-16)28(30,31)32;1-14-23(15(2)32(3)31-14)25(33)18-8-7-17-13-22(34-4)21(24(27)20(17)12-18)11-16-5-9-19(10-6-16)26(28,29)30;23-16-9-6-14(7-10-16)21(27)15-8-11-18-17(12-15)20(24)19(22(25)26-18)13-4-2-1-3-5-13;1-11-9-16(26-24-11)19(25)13-7-8-15-14(10-13)18(21)17(20(22)23-15)12-5-3-2-4-6-12/h5-10,12-13,19,25,34H,11,14-15H2,1-4H3;5-10,12-13,25,33H,11H2,1-4H3;1-12,21,27H;2-10,19,25H,1H3. The Balaban J connectivity index is 0.000000143. The summed E-state index contributed by atoms with van der Waals surface area (Å²) in [6, 6.07) is 63.5. The number of methoxy groups -OCH3 is 2. The minimum atomic E-state index is -4.40. The Labute approximate surface area is 745 Å². The van der Waals surface area contributed by atoms with E-state index in [1.165, 1.54) is 38.5 Å². The van der Waals surface area contributed by atoms with Crippen LogP contribution in [0.15, 0.2) is 229 Å². The lowest BCUT2D eigenvalue weighted by Gasteiger charge is -2.42. The summed E-state index contributed by atoms with van der Waals surface area (Å²) in [6.07, 6.45) is -12.0. The molecule has 4 aromatic heterocycles. The molecule has 15 aromatic rings. The number of fused-ring (bicyclic) bond motifs is 4. The van der Waals surface area contributed by atoms with E-state index in [2.05, 4.69) is 20.2 Å². The number of carbonyl (C=O) groups excluding carboxylic acids is 1. The number of hydrogen-bond donors (Lipinski definition) is 4. The van der Waals surface area contributed by atoms with E-state index in [-0.39, 0.29) is 12.3 Å². The highest BCUT2D eigenvalue weighted by Gasteiger charge is 2.39. The largest absolute Gasteiger partial charge is 0.496 e. The molecule has 4 atom stereocenters. The molecule has 4 unspecified atom stereocenters. The van der Waals surface area contributed by atoms with Crippen molar-refractivity contribution in [3.05, 3.63) is 349 Å². The van der Waals surface area contributed by atoms with Crippen LogP contribution in [0.1, 0.15) is 135 Å². The number of alkyl halides is 6. The van der Waals surface area contributed by atoms with Crippen LogP contribution in [-0.4, -0.2) is 89.2 Å². The lowest BCUT2D eigenvalue weighted by molar-refractivity contribution is -0.138. The first-order chi connectivity index (χ1) is 58.9. The van der Waals surface area contributed by atoms with Crippen LogP contribution in [0.5, 0.6) is 11.5 Å². The SMILES string of the molecule is COc1cc2ccc(C(O)C3CN(C(=O)OC(C)(C)C)C3)cc2c(Cl)c1Cc1ccc(C(F)(F)F)cc1.COc1cc2ccc(C(O)c3c(C)nn(C)c3C)cc2c(Cl)c1Cc1ccc(C(F)(F)F)cc1.Cc1cc(C(O)c2ccc3nc(Cl)c(-c4ccccc4)c(Cl)c3c2)on1.OC(c1ccc(Cl)cc1)c1ccc2nc(Cl)c(-c3ccccc3)c(Cl)c2c1. The number of aryl methyl sites for hydroxylation is 3. The third-order valence-electron chi connectivity index (χ3n) is 21.3. The van der Waals surface area contributed by atoms with Gasteiger partial charge >= 0.3 is 18.4 Å². The van der Waals surface area contributed by atoms with E-state index in [0.29, 0.717) is 150 Å². The molecule has 0 saturated carbocycles. The lowest BCUT2D eigenvalue weighted by Crippen LogP contribution is -2.53. The van der Waals surface area contributed by atoms with Crippen LogP contribution in [0.4, 0.5) is 31.1 Å². The molecule has 0 radical (unpaired) electrons. The van der Waals surface area contributed by atoms with E-state index in [1.54, 1.807) is 85.8 Å². The summed E-state index contributed by atoms with van der Waals surface area (Å²) >= 11 is 45.7. The number of pyridine rings is 2. The summed E-state index contributed by atoms with van der Waals surface area (Å²) < 4.78 is 101. The van der Waals surface area contributed by atoms with Crippen LogP contribution < -0.4 is 9.47 Å². The van der Waals surface area contributed by atoms with Crippen LogP contribution in [0.3, 0.4) is 0 Å². The Bertz CT molecular complexity index is 6410. The van der Waals surface area contributed by atoms with Gasteiger partial charge in [-0.25, -0.2) is 14.8 Å². The first-order valence-corrected chi connectivity index (χ1v) is 41.5. The van der Waals surface area contributed by atoms with Gasteiger partial charge in [-0.1, -0.05) is 220 Å². The van der Waals surface area contributed by atoms with E-state index in [9.17, 15) is 51.6 Å². The van der Waals surface area contributed by atoms with Gasteiger partial charge in [0.2, 0.25) is 0 Å². The molecule has 640 valence electrons. The maximum atomic E-state index is 12.9. The molecule has 16 rings (SSSR count). The Kier molecular flexibility index (Phi) is 28.1. The molecule has 4 N–H and O–H groups in total. The zero-order chi connectivity index (χ0) is 89.1. The van der Waals surface area contributed by atoms with Gasteiger partial charge in [-0.3, -0.25) is 4.68 Å². The topological polar surface area (TPSA) is 199 Å². The third-order valence-corrected chi connectivity index (χ3v) is 23.7. The van der Waals surface area contributed by atoms with Crippen LogP contribution in [0.25, 0.3) is 65.6 Å². The fraction of sp³-hybridized carbons (Fsp3) is 0.219. The summed E-state index contributed by atoms with van der Waals surface area (Å²) in [5.74, 6) is 1.30. The number of likely N-dealkylation sites (tertiary alicyclic amines) is 1. The maximum Gasteiger partial charge on any atom is 0.416 e. The Hall–Kier alpha value is -10.5. The molecule has 0 bridgehead atoms. The molecular weight excluding hydrogens is 1740 g/mol. The number of amides is 1. The molecule has 0 aliphatic carbocycles. The quantitative estimate of drug-likeness (QED) is 0.0527. The highest BCUT2D eigenvalue weighted by Crippen LogP contribution is 2.46. The molecule has 0 spiro atoms. The van der Waals surface area contributed by atoms with Crippen molar-refractivity contribution in [1.82, 2.24) is 29.8 Å². The minimum absolute atomic E-state index is 0.145. The van der Waals surface area contributed by atoms with E-state index in [1.807, 2.05) is 148 Å². The zero-order valence-corrected chi connectivity index (χ0v) is 73.3. The van der Waals surface area contributed by atoms with Crippen molar-refractivity contribution in [2.24, 2.45) is 13.0 Å². The average Bonchev–Trinajstić information content (AvgIpc) is 1.72. The van der Waals surface area contributed by atoms with Crippen molar-refractivity contribution in [2.75, 3.05) is 27.3 Å². The summed E-state index contributed by atoms with van der Waals surface area (Å²) in [5, 5.41) is 59.3. The number of hydrogen-bond acceptors (Lipinski definition) is 13. The third kappa shape index (κ3) is 20.5. The number of ether oxygens (including phenoxy) is 3. The molecule has 11 aromatic carbocycles. The molecule has 1 aliphatic heterocycles. The predicted octanol–water partition coefficient (Wildman–Crippen LogP) is 26.1. The predicted molar refractivity (Wildman–Crippen MR) is 478 cm³/mol. The van der Waals surface area contributed by atoms with Gasteiger partial charge in [-0.05, 0) is 187 Å². The van der Waals surface area contributed by atoms with Gasteiger partial charge in [-0.2, -0.15) is 31.4 Å². The molecule has 1 fully saturated rings. The number of halogens is 13. The van der Waals surface area contributed by atoms with Gasteiger partial charge in [0.25, 0.3) is 0 Å². The van der Waals surface area contributed by atoms with E-state index in [4.69, 9.17) is 99.9 Å². The first-order valence-electron chi connectivity index (χ1n) is 38.8. The molecule has 124 heavy (non-hydrogen) atoms.